The van der Waals surface area contributed by atoms with E-state index in [0.717, 1.165) is 31.8 Å². The summed E-state index contributed by atoms with van der Waals surface area (Å²) in [5.74, 6) is 0.813. The number of para-hydroxylation sites is 1. The molecule has 0 saturated carbocycles. The number of rotatable bonds is 2. The second-order valence-corrected chi connectivity index (χ2v) is 4.85. The fraction of sp³-hybridized carbons (Fsp3) is 0.500. The van der Waals surface area contributed by atoms with Gasteiger partial charge in [0.25, 0.3) is 0 Å². The Balaban J connectivity index is 1.86. The third-order valence-electron chi connectivity index (χ3n) is 2.36. The molecule has 1 fully saturated rings. The van der Waals surface area contributed by atoms with E-state index in [2.05, 4.69) is 0 Å². The smallest absolute Gasteiger partial charge is 0.397 e. The van der Waals surface area contributed by atoms with Gasteiger partial charge in [0.05, 0.1) is 13.2 Å². The molecule has 4 heteroatoms. The SMILES string of the molecule is c1ccc(OP2OCCCCCCO2)cc1. The Morgan fingerprint density at radius 3 is 2.12 bits per heavy atom. The van der Waals surface area contributed by atoms with Gasteiger partial charge in [-0.2, -0.15) is 0 Å². The molecule has 0 radical (unpaired) electrons. The van der Waals surface area contributed by atoms with Crippen LogP contribution < -0.4 is 4.52 Å². The summed E-state index contributed by atoms with van der Waals surface area (Å²) in [6.45, 7) is 1.47. The lowest BCUT2D eigenvalue weighted by Crippen LogP contribution is -1.98. The molecular formula is C12H17O3P. The minimum atomic E-state index is -1.21. The predicted molar refractivity (Wildman–Crippen MR) is 64.4 cm³/mol. The first-order valence-corrected chi connectivity index (χ1v) is 6.84. The van der Waals surface area contributed by atoms with Gasteiger partial charge in [-0.15, -0.1) is 0 Å². The van der Waals surface area contributed by atoms with Crippen LogP contribution in [-0.2, 0) is 9.05 Å². The summed E-state index contributed by atoms with van der Waals surface area (Å²) in [6, 6.07) is 9.69. The average molecular weight is 240 g/mol. The quantitative estimate of drug-likeness (QED) is 0.734. The van der Waals surface area contributed by atoms with E-state index in [1.807, 2.05) is 30.3 Å². The molecule has 0 unspecified atom stereocenters. The van der Waals surface area contributed by atoms with Crippen LogP contribution in [0.25, 0.3) is 0 Å². The Bertz CT molecular complexity index is 282. The fourth-order valence-corrected chi connectivity index (χ4v) is 2.52. The summed E-state index contributed by atoms with van der Waals surface area (Å²) in [7, 11) is -1.21. The summed E-state index contributed by atoms with van der Waals surface area (Å²) in [4.78, 5) is 0. The summed E-state index contributed by atoms with van der Waals surface area (Å²) in [5, 5.41) is 0. The van der Waals surface area contributed by atoms with Gasteiger partial charge in [-0.25, -0.2) is 0 Å². The highest BCUT2D eigenvalue weighted by Gasteiger charge is 2.15. The van der Waals surface area contributed by atoms with Crippen LogP contribution >= 0.6 is 8.60 Å². The minimum Gasteiger partial charge on any atom is -0.427 e. The molecule has 0 spiro atoms. The molecule has 1 aliphatic rings. The summed E-state index contributed by atoms with van der Waals surface area (Å²) in [6.07, 6.45) is 4.64. The van der Waals surface area contributed by atoms with Crippen molar-refractivity contribution in [1.82, 2.24) is 0 Å². The topological polar surface area (TPSA) is 27.7 Å². The molecular weight excluding hydrogens is 223 g/mol. The Kier molecular flexibility index (Phi) is 5.07. The average Bonchev–Trinajstić information content (AvgIpc) is 2.45. The molecule has 1 aromatic carbocycles. The molecule has 0 aliphatic carbocycles. The largest absolute Gasteiger partial charge is 0.427 e. The lowest BCUT2D eigenvalue weighted by Gasteiger charge is -2.15. The van der Waals surface area contributed by atoms with E-state index in [0.29, 0.717) is 0 Å². The molecule has 1 aliphatic heterocycles. The van der Waals surface area contributed by atoms with Gasteiger partial charge in [0.1, 0.15) is 5.75 Å². The molecule has 3 nitrogen and oxygen atoms in total. The monoisotopic (exact) mass is 240 g/mol. The normalized spacial score (nSPS) is 19.5. The number of hydrogen-bond donors (Lipinski definition) is 0. The van der Waals surface area contributed by atoms with Crippen molar-refractivity contribution in [3.63, 3.8) is 0 Å². The highest BCUT2D eigenvalue weighted by Crippen LogP contribution is 2.41. The zero-order valence-corrected chi connectivity index (χ0v) is 10.2. The standard InChI is InChI=1S/C12H17O3P/c1-2-7-11-14-16(13-10-6-1)15-12-8-4-3-5-9-12/h3-5,8-9H,1-2,6-7,10-11H2. The molecule has 0 N–H and O–H groups in total. The van der Waals surface area contributed by atoms with Crippen LogP contribution in [-0.4, -0.2) is 13.2 Å². The molecule has 1 aromatic rings. The van der Waals surface area contributed by atoms with Gasteiger partial charge in [0, 0.05) is 0 Å². The summed E-state index contributed by atoms with van der Waals surface area (Å²) >= 11 is 0. The van der Waals surface area contributed by atoms with Gasteiger partial charge in [-0.1, -0.05) is 31.0 Å². The Morgan fingerprint density at radius 2 is 1.50 bits per heavy atom. The van der Waals surface area contributed by atoms with E-state index in [9.17, 15) is 0 Å². The first kappa shape index (κ1) is 11.8. The van der Waals surface area contributed by atoms with Gasteiger partial charge in [0.2, 0.25) is 0 Å². The van der Waals surface area contributed by atoms with Crippen molar-refractivity contribution in [1.29, 1.82) is 0 Å². The van der Waals surface area contributed by atoms with Crippen LogP contribution in [0.1, 0.15) is 25.7 Å². The highest BCUT2D eigenvalue weighted by atomic mass is 31.2. The first-order chi connectivity index (χ1) is 7.95. The van der Waals surface area contributed by atoms with Gasteiger partial charge in [0.15, 0.2) is 0 Å². The van der Waals surface area contributed by atoms with Crippen LogP contribution in [0.15, 0.2) is 30.3 Å². The molecule has 88 valence electrons. The van der Waals surface area contributed by atoms with Gasteiger partial charge in [-0.3, -0.25) is 0 Å². The van der Waals surface area contributed by atoms with E-state index in [1.165, 1.54) is 12.8 Å². The fourth-order valence-electron chi connectivity index (χ4n) is 1.49. The van der Waals surface area contributed by atoms with Crippen molar-refractivity contribution in [3.8, 4) is 5.75 Å². The van der Waals surface area contributed by atoms with Crippen molar-refractivity contribution < 1.29 is 13.6 Å². The van der Waals surface area contributed by atoms with Crippen LogP contribution in [0.4, 0.5) is 0 Å². The molecule has 2 rings (SSSR count). The molecule has 0 aromatic heterocycles. The van der Waals surface area contributed by atoms with E-state index < -0.39 is 8.60 Å². The van der Waals surface area contributed by atoms with Crippen LogP contribution in [0, 0.1) is 0 Å². The maximum absolute atomic E-state index is 5.67. The van der Waals surface area contributed by atoms with E-state index in [4.69, 9.17) is 13.6 Å². The third-order valence-corrected chi connectivity index (χ3v) is 3.50. The van der Waals surface area contributed by atoms with Crippen LogP contribution in [0.2, 0.25) is 0 Å². The highest BCUT2D eigenvalue weighted by molar-refractivity contribution is 7.42. The Morgan fingerprint density at radius 1 is 0.875 bits per heavy atom. The molecule has 1 heterocycles. The second-order valence-electron chi connectivity index (χ2n) is 3.71. The predicted octanol–water partition coefficient (Wildman–Crippen LogP) is 3.90. The lowest BCUT2D eigenvalue weighted by atomic mass is 10.2. The van der Waals surface area contributed by atoms with Crippen LogP contribution in [0.3, 0.4) is 0 Å². The molecule has 0 bridgehead atoms. The summed E-state index contributed by atoms with van der Waals surface area (Å²) < 4.78 is 16.8. The van der Waals surface area contributed by atoms with E-state index in [1.54, 1.807) is 0 Å². The van der Waals surface area contributed by atoms with Crippen LogP contribution in [0.5, 0.6) is 5.75 Å². The maximum atomic E-state index is 5.67. The van der Waals surface area contributed by atoms with Crippen molar-refractivity contribution >= 4 is 8.60 Å². The molecule has 0 atom stereocenters. The van der Waals surface area contributed by atoms with Crippen molar-refractivity contribution in [2.24, 2.45) is 0 Å². The van der Waals surface area contributed by atoms with Crippen molar-refractivity contribution in [2.75, 3.05) is 13.2 Å². The van der Waals surface area contributed by atoms with Gasteiger partial charge >= 0.3 is 8.60 Å². The van der Waals surface area contributed by atoms with E-state index in [-0.39, 0.29) is 0 Å². The Hall–Kier alpha value is -0.630. The summed E-state index contributed by atoms with van der Waals surface area (Å²) in [5.41, 5.74) is 0. The number of benzene rings is 1. The maximum Gasteiger partial charge on any atom is 0.397 e. The van der Waals surface area contributed by atoms with Gasteiger partial charge in [-0.05, 0) is 25.0 Å². The minimum absolute atomic E-state index is 0.735. The number of hydrogen-bond acceptors (Lipinski definition) is 3. The van der Waals surface area contributed by atoms with Gasteiger partial charge < -0.3 is 13.6 Å². The molecule has 16 heavy (non-hydrogen) atoms. The zero-order chi connectivity index (χ0) is 11.1. The van der Waals surface area contributed by atoms with Crippen molar-refractivity contribution in [2.45, 2.75) is 25.7 Å². The third kappa shape index (κ3) is 4.09. The molecule has 0 amide bonds. The second kappa shape index (κ2) is 6.85. The van der Waals surface area contributed by atoms with Crippen molar-refractivity contribution in [3.05, 3.63) is 30.3 Å². The molecule has 1 saturated heterocycles. The lowest BCUT2D eigenvalue weighted by molar-refractivity contribution is 0.211. The van der Waals surface area contributed by atoms with E-state index >= 15 is 0 Å². The Labute approximate surface area is 97.7 Å². The zero-order valence-electron chi connectivity index (χ0n) is 9.30. The first-order valence-electron chi connectivity index (χ1n) is 5.74.